The minimum Gasteiger partial charge on any atom is -0.494 e. The molecular formula is C28H31ClFN3O5S. The number of hydrogen-bond acceptors (Lipinski definition) is 5. The van der Waals surface area contributed by atoms with Crippen molar-refractivity contribution < 1.29 is 27.1 Å². The zero-order valence-corrected chi connectivity index (χ0v) is 23.5. The zero-order chi connectivity index (χ0) is 28.6. The van der Waals surface area contributed by atoms with Crippen molar-refractivity contribution in [1.29, 1.82) is 0 Å². The van der Waals surface area contributed by atoms with E-state index in [0.29, 0.717) is 29.5 Å². The van der Waals surface area contributed by atoms with Gasteiger partial charge in [0, 0.05) is 18.1 Å². The minimum absolute atomic E-state index is 0.0437. The number of likely N-dealkylation sites (N-methyl/N-ethyl adjacent to an activating group) is 1. The van der Waals surface area contributed by atoms with Crippen LogP contribution < -0.4 is 14.4 Å². The second kappa shape index (κ2) is 13.4. The average molecular weight is 576 g/mol. The number of nitrogens with zero attached hydrogens (tertiary/aromatic N) is 2. The molecular weight excluding hydrogens is 545 g/mol. The number of benzene rings is 3. The van der Waals surface area contributed by atoms with E-state index in [2.05, 4.69) is 5.32 Å². The molecule has 0 saturated heterocycles. The van der Waals surface area contributed by atoms with Crippen LogP contribution in [0.25, 0.3) is 0 Å². The number of anilines is 1. The Morgan fingerprint density at radius 1 is 0.974 bits per heavy atom. The maximum Gasteiger partial charge on any atom is 0.264 e. The predicted octanol–water partition coefficient (Wildman–Crippen LogP) is 4.63. The highest BCUT2D eigenvalue weighted by Gasteiger charge is 2.32. The number of ether oxygens (including phenoxy) is 1. The lowest BCUT2D eigenvalue weighted by Crippen LogP contribution is -2.51. The van der Waals surface area contributed by atoms with Crippen molar-refractivity contribution in [2.24, 2.45) is 0 Å². The molecule has 0 aliphatic heterocycles. The largest absolute Gasteiger partial charge is 0.494 e. The van der Waals surface area contributed by atoms with Crippen LogP contribution in [0.2, 0.25) is 5.02 Å². The number of amides is 2. The molecule has 3 aromatic carbocycles. The molecule has 39 heavy (non-hydrogen) atoms. The molecule has 0 saturated carbocycles. The van der Waals surface area contributed by atoms with Crippen LogP contribution in [-0.4, -0.2) is 50.9 Å². The molecule has 0 fully saturated rings. The van der Waals surface area contributed by atoms with E-state index in [1.165, 1.54) is 17.0 Å². The molecule has 0 unspecified atom stereocenters. The molecule has 208 valence electrons. The van der Waals surface area contributed by atoms with Gasteiger partial charge in [0.2, 0.25) is 11.8 Å². The summed E-state index contributed by atoms with van der Waals surface area (Å²) in [5.74, 6) is -1.06. The van der Waals surface area contributed by atoms with Gasteiger partial charge in [0.15, 0.2) is 0 Å². The quantitative estimate of drug-likeness (QED) is 0.340. The maximum absolute atomic E-state index is 13.8. The van der Waals surface area contributed by atoms with E-state index >= 15 is 0 Å². The van der Waals surface area contributed by atoms with Crippen LogP contribution in [0.4, 0.5) is 10.1 Å². The van der Waals surface area contributed by atoms with Gasteiger partial charge in [-0.25, -0.2) is 12.8 Å². The second-order valence-corrected chi connectivity index (χ2v) is 10.9. The van der Waals surface area contributed by atoms with E-state index in [9.17, 15) is 22.4 Å². The van der Waals surface area contributed by atoms with Crippen LogP contribution in [0.15, 0.2) is 77.7 Å². The van der Waals surface area contributed by atoms with Crippen molar-refractivity contribution in [2.75, 3.05) is 24.0 Å². The molecule has 11 heteroatoms. The highest BCUT2D eigenvalue weighted by Crippen LogP contribution is 2.27. The predicted molar refractivity (Wildman–Crippen MR) is 149 cm³/mol. The molecule has 0 heterocycles. The molecule has 0 aliphatic carbocycles. The summed E-state index contributed by atoms with van der Waals surface area (Å²) in [5.41, 5.74) is 0.908. The van der Waals surface area contributed by atoms with Crippen LogP contribution in [-0.2, 0) is 26.2 Å². The number of hydrogen-bond donors (Lipinski definition) is 1. The Bertz CT molecular complexity index is 1370. The topological polar surface area (TPSA) is 96.0 Å². The fourth-order valence-electron chi connectivity index (χ4n) is 3.83. The normalized spacial score (nSPS) is 11.9. The molecule has 0 aromatic heterocycles. The Balaban J connectivity index is 2.02. The SMILES string of the molecule is CCNC(=O)[C@H](C)N(Cc1ccc(Cl)cc1)C(=O)CN(c1ccc(OCC)cc1)S(=O)(=O)c1ccc(F)cc1. The van der Waals surface area contributed by atoms with E-state index in [4.69, 9.17) is 16.3 Å². The molecule has 3 rings (SSSR count). The first-order valence-corrected chi connectivity index (χ1v) is 14.2. The summed E-state index contributed by atoms with van der Waals surface area (Å²) in [4.78, 5) is 27.6. The van der Waals surface area contributed by atoms with Crippen LogP contribution in [0.3, 0.4) is 0 Å². The van der Waals surface area contributed by atoms with Gasteiger partial charge in [-0.1, -0.05) is 23.7 Å². The molecule has 0 bridgehead atoms. The van der Waals surface area contributed by atoms with E-state index in [0.717, 1.165) is 28.6 Å². The fraction of sp³-hybridized carbons (Fsp3) is 0.286. The summed E-state index contributed by atoms with van der Waals surface area (Å²) in [6.07, 6.45) is 0. The Kier molecular flexibility index (Phi) is 10.3. The number of nitrogens with one attached hydrogen (secondary N) is 1. The lowest BCUT2D eigenvalue weighted by Gasteiger charge is -2.32. The average Bonchev–Trinajstić information content (AvgIpc) is 2.92. The Morgan fingerprint density at radius 3 is 2.15 bits per heavy atom. The smallest absolute Gasteiger partial charge is 0.264 e. The molecule has 1 N–H and O–H groups in total. The fourth-order valence-corrected chi connectivity index (χ4v) is 5.37. The summed E-state index contributed by atoms with van der Waals surface area (Å²) in [7, 11) is -4.30. The van der Waals surface area contributed by atoms with Crippen molar-refractivity contribution in [2.45, 2.75) is 38.3 Å². The molecule has 8 nitrogen and oxygen atoms in total. The van der Waals surface area contributed by atoms with Gasteiger partial charge >= 0.3 is 0 Å². The van der Waals surface area contributed by atoms with Crippen molar-refractivity contribution >= 4 is 39.1 Å². The first-order chi connectivity index (χ1) is 18.6. The standard InChI is InChI=1S/C28H31ClFN3O5S/c1-4-31-28(35)20(3)32(18-21-6-8-22(29)9-7-21)27(34)19-33(24-12-14-25(15-13-24)38-5-2)39(36,37)26-16-10-23(30)11-17-26/h6-17,20H,4-5,18-19H2,1-3H3,(H,31,35)/t20-/m0/s1. The van der Waals surface area contributed by atoms with Gasteiger partial charge in [0.25, 0.3) is 10.0 Å². The van der Waals surface area contributed by atoms with E-state index in [1.807, 2.05) is 6.92 Å². The molecule has 2 amide bonds. The van der Waals surface area contributed by atoms with E-state index in [1.54, 1.807) is 50.2 Å². The monoisotopic (exact) mass is 575 g/mol. The molecule has 3 aromatic rings. The van der Waals surface area contributed by atoms with E-state index < -0.39 is 34.3 Å². The summed E-state index contributed by atoms with van der Waals surface area (Å²) in [6, 6.07) is 16.5. The van der Waals surface area contributed by atoms with Crippen molar-refractivity contribution in [3.63, 3.8) is 0 Å². The zero-order valence-electron chi connectivity index (χ0n) is 21.9. The molecule has 0 radical (unpaired) electrons. The van der Waals surface area contributed by atoms with Gasteiger partial charge in [-0.15, -0.1) is 0 Å². The molecule has 0 aliphatic rings. The molecule has 0 spiro atoms. The van der Waals surface area contributed by atoms with Gasteiger partial charge < -0.3 is 15.0 Å². The van der Waals surface area contributed by atoms with Crippen LogP contribution in [0.5, 0.6) is 5.75 Å². The van der Waals surface area contributed by atoms with Gasteiger partial charge in [-0.05, 0) is 87.0 Å². The highest BCUT2D eigenvalue weighted by molar-refractivity contribution is 7.92. The first kappa shape index (κ1) is 29.9. The number of carbonyl (C=O) groups excluding carboxylic acids is 2. The highest BCUT2D eigenvalue weighted by atomic mass is 35.5. The van der Waals surface area contributed by atoms with Crippen molar-refractivity contribution in [3.05, 3.63) is 89.2 Å². The summed E-state index contributed by atoms with van der Waals surface area (Å²) >= 11 is 6.00. The third-order valence-corrected chi connectivity index (χ3v) is 7.94. The lowest BCUT2D eigenvalue weighted by atomic mass is 10.1. The number of halogens is 2. The van der Waals surface area contributed by atoms with Gasteiger partial charge in [0.1, 0.15) is 24.2 Å². The van der Waals surface area contributed by atoms with E-state index in [-0.39, 0.29) is 23.0 Å². The minimum atomic E-state index is -4.30. The first-order valence-electron chi connectivity index (χ1n) is 12.4. The summed E-state index contributed by atoms with van der Waals surface area (Å²) < 4.78 is 47.4. The van der Waals surface area contributed by atoms with Gasteiger partial charge in [-0.3, -0.25) is 13.9 Å². The third kappa shape index (κ3) is 7.70. The third-order valence-electron chi connectivity index (χ3n) is 5.90. The number of rotatable bonds is 12. The van der Waals surface area contributed by atoms with Crippen molar-refractivity contribution in [3.8, 4) is 5.75 Å². The summed E-state index contributed by atoms with van der Waals surface area (Å²) in [6.45, 7) is 5.39. The second-order valence-electron chi connectivity index (χ2n) is 8.61. The number of carbonyl (C=O) groups is 2. The maximum atomic E-state index is 13.8. The van der Waals surface area contributed by atoms with Crippen molar-refractivity contribution in [1.82, 2.24) is 10.2 Å². The number of sulfonamides is 1. The molecule has 1 atom stereocenters. The van der Waals surface area contributed by atoms with Crippen LogP contribution in [0, 0.1) is 5.82 Å². The van der Waals surface area contributed by atoms with Crippen LogP contribution >= 0.6 is 11.6 Å². The Hall–Kier alpha value is -3.63. The Labute approximate surface area is 233 Å². The summed E-state index contributed by atoms with van der Waals surface area (Å²) in [5, 5.41) is 3.22. The van der Waals surface area contributed by atoms with Crippen LogP contribution in [0.1, 0.15) is 26.3 Å². The van der Waals surface area contributed by atoms with Gasteiger partial charge in [0.05, 0.1) is 17.2 Å². The Morgan fingerprint density at radius 2 is 1.59 bits per heavy atom. The lowest BCUT2D eigenvalue weighted by molar-refractivity contribution is -0.139. The van der Waals surface area contributed by atoms with Gasteiger partial charge in [-0.2, -0.15) is 0 Å².